The Morgan fingerprint density at radius 2 is 2.10 bits per heavy atom. The number of nitrogens with zero attached hydrogens (tertiary/aromatic N) is 2. The van der Waals surface area contributed by atoms with E-state index in [0.29, 0.717) is 12.1 Å². The molecule has 0 aromatic carbocycles. The Kier molecular flexibility index (Phi) is 4.32. The summed E-state index contributed by atoms with van der Waals surface area (Å²) in [5.41, 5.74) is 0.397. The fourth-order valence-corrected chi connectivity index (χ4v) is 3.15. The van der Waals surface area contributed by atoms with Crippen molar-refractivity contribution < 1.29 is 14.7 Å². The van der Waals surface area contributed by atoms with Crippen molar-refractivity contribution in [3.8, 4) is 0 Å². The molecule has 0 radical (unpaired) electrons. The van der Waals surface area contributed by atoms with Crippen molar-refractivity contribution in [2.45, 2.75) is 25.0 Å². The molecular formula is C14H18N2O3S. The van der Waals surface area contributed by atoms with Crippen LogP contribution in [0.15, 0.2) is 18.3 Å². The van der Waals surface area contributed by atoms with Crippen molar-refractivity contribution in [3.05, 3.63) is 29.6 Å². The van der Waals surface area contributed by atoms with Crippen LogP contribution in [0.25, 0.3) is 0 Å². The van der Waals surface area contributed by atoms with Crippen LogP contribution in [0.4, 0.5) is 0 Å². The summed E-state index contributed by atoms with van der Waals surface area (Å²) in [5.74, 6) is -0.246. The standard InChI is InChI=1S/C14H18N2O3S/c1-14(2)5-6-16(7-8-20-14)12(17)10-3-4-11(13(18)19)15-9-10/h3-4,9H,5-8H2,1-2H3,(H,18,19). The number of aromatic carboxylic acids is 1. The number of amides is 1. The zero-order valence-electron chi connectivity index (χ0n) is 11.6. The summed E-state index contributed by atoms with van der Waals surface area (Å²) in [5, 5.41) is 8.80. The summed E-state index contributed by atoms with van der Waals surface area (Å²) in [4.78, 5) is 28.7. The van der Waals surface area contributed by atoms with E-state index in [0.717, 1.165) is 18.7 Å². The third-order valence-electron chi connectivity index (χ3n) is 3.35. The van der Waals surface area contributed by atoms with Gasteiger partial charge in [-0.1, -0.05) is 13.8 Å². The molecule has 2 heterocycles. The van der Waals surface area contributed by atoms with E-state index in [2.05, 4.69) is 18.8 Å². The van der Waals surface area contributed by atoms with Gasteiger partial charge in [-0.15, -0.1) is 0 Å². The fourth-order valence-electron chi connectivity index (χ4n) is 2.05. The van der Waals surface area contributed by atoms with E-state index in [-0.39, 0.29) is 16.3 Å². The van der Waals surface area contributed by atoms with Crippen LogP contribution in [0.2, 0.25) is 0 Å². The Bertz CT molecular complexity index is 514. The first-order valence-corrected chi connectivity index (χ1v) is 7.50. The molecule has 1 N–H and O–H groups in total. The summed E-state index contributed by atoms with van der Waals surface area (Å²) in [6.45, 7) is 5.82. The predicted octanol–water partition coefficient (Wildman–Crippen LogP) is 2.14. The molecular weight excluding hydrogens is 276 g/mol. The first-order chi connectivity index (χ1) is 9.39. The maximum absolute atomic E-state index is 12.4. The highest BCUT2D eigenvalue weighted by molar-refractivity contribution is 8.00. The van der Waals surface area contributed by atoms with Crippen LogP contribution in [0.5, 0.6) is 0 Å². The molecule has 2 rings (SSSR count). The minimum atomic E-state index is -1.09. The molecule has 1 fully saturated rings. The molecule has 108 valence electrons. The number of hydrogen-bond donors (Lipinski definition) is 1. The quantitative estimate of drug-likeness (QED) is 0.905. The fraction of sp³-hybridized carbons (Fsp3) is 0.500. The van der Waals surface area contributed by atoms with Crippen molar-refractivity contribution in [1.29, 1.82) is 0 Å². The summed E-state index contributed by atoms with van der Waals surface area (Å²) in [6, 6.07) is 2.90. The zero-order valence-corrected chi connectivity index (χ0v) is 12.4. The Morgan fingerprint density at radius 1 is 1.35 bits per heavy atom. The lowest BCUT2D eigenvalue weighted by Crippen LogP contribution is -2.33. The smallest absolute Gasteiger partial charge is 0.354 e. The van der Waals surface area contributed by atoms with E-state index in [1.54, 1.807) is 0 Å². The summed E-state index contributed by atoms with van der Waals surface area (Å²) in [6.07, 6.45) is 2.29. The van der Waals surface area contributed by atoms with E-state index < -0.39 is 5.97 Å². The molecule has 0 aliphatic carbocycles. The molecule has 0 unspecified atom stereocenters. The Balaban J connectivity index is 2.09. The lowest BCUT2D eigenvalue weighted by atomic mass is 10.1. The summed E-state index contributed by atoms with van der Waals surface area (Å²) >= 11 is 1.88. The zero-order chi connectivity index (χ0) is 14.8. The molecule has 0 bridgehead atoms. The van der Waals surface area contributed by atoms with Gasteiger partial charge in [0.2, 0.25) is 0 Å². The molecule has 0 saturated carbocycles. The van der Waals surface area contributed by atoms with Gasteiger partial charge in [0.25, 0.3) is 5.91 Å². The van der Waals surface area contributed by atoms with Crippen LogP contribution < -0.4 is 0 Å². The van der Waals surface area contributed by atoms with Gasteiger partial charge in [0.1, 0.15) is 5.69 Å². The van der Waals surface area contributed by atoms with E-state index in [1.165, 1.54) is 18.3 Å². The number of carbonyl (C=O) groups is 2. The number of carbonyl (C=O) groups excluding carboxylic acids is 1. The number of carboxylic acid groups (broad SMARTS) is 1. The van der Waals surface area contributed by atoms with Gasteiger partial charge in [0.15, 0.2) is 0 Å². The first kappa shape index (κ1) is 14.8. The predicted molar refractivity (Wildman–Crippen MR) is 78.3 cm³/mol. The van der Waals surface area contributed by atoms with Gasteiger partial charge in [-0.05, 0) is 18.6 Å². The number of rotatable bonds is 2. The molecule has 1 aliphatic rings. The Hall–Kier alpha value is -1.56. The maximum atomic E-state index is 12.4. The van der Waals surface area contributed by atoms with Gasteiger partial charge >= 0.3 is 5.97 Å². The normalized spacial score (nSPS) is 18.4. The van der Waals surface area contributed by atoms with Crippen LogP contribution >= 0.6 is 11.8 Å². The van der Waals surface area contributed by atoms with Crippen LogP contribution in [0.3, 0.4) is 0 Å². The molecule has 5 nitrogen and oxygen atoms in total. The average molecular weight is 294 g/mol. The molecule has 1 aromatic rings. The van der Waals surface area contributed by atoms with Crippen LogP contribution in [-0.4, -0.2) is 50.5 Å². The molecule has 1 amide bonds. The highest BCUT2D eigenvalue weighted by Gasteiger charge is 2.26. The summed E-state index contributed by atoms with van der Waals surface area (Å²) < 4.78 is 0.195. The molecule has 1 aliphatic heterocycles. The second-order valence-corrected chi connectivity index (χ2v) is 7.19. The third-order valence-corrected chi connectivity index (χ3v) is 4.73. The maximum Gasteiger partial charge on any atom is 0.354 e. The molecule has 0 spiro atoms. The van der Waals surface area contributed by atoms with Gasteiger partial charge in [0.05, 0.1) is 5.56 Å². The topological polar surface area (TPSA) is 70.5 Å². The van der Waals surface area contributed by atoms with Crippen LogP contribution in [0, 0.1) is 0 Å². The number of carboxylic acids is 1. The number of thioether (sulfide) groups is 1. The second kappa shape index (κ2) is 5.83. The van der Waals surface area contributed by atoms with Crippen molar-refractivity contribution in [2.24, 2.45) is 0 Å². The van der Waals surface area contributed by atoms with Crippen LogP contribution in [-0.2, 0) is 0 Å². The highest BCUT2D eigenvalue weighted by atomic mass is 32.2. The molecule has 1 saturated heterocycles. The minimum Gasteiger partial charge on any atom is -0.477 e. The van der Waals surface area contributed by atoms with Gasteiger partial charge in [-0.3, -0.25) is 4.79 Å². The van der Waals surface area contributed by atoms with Gasteiger partial charge < -0.3 is 10.0 Å². The molecule has 1 aromatic heterocycles. The van der Waals surface area contributed by atoms with Gasteiger partial charge in [-0.25, -0.2) is 9.78 Å². The van der Waals surface area contributed by atoms with Gasteiger partial charge in [-0.2, -0.15) is 11.8 Å². The lowest BCUT2D eigenvalue weighted by molar-refractivity contribution is 0.0687. The SMILES string of the molecule is CC1(C)CCN(C(=O)c2ccc(C(=O)O)nc2)CCS1. The van der Waals surface area contributed by atoms with Crippen molar-refractivity contribution >= 4 is 23.6 Å². The molecule has 20 heavy (non-hydrogen) atoms. The van der Waals surface area contributed by atoms with Gasteiger partial charge in [0, 0.05) is 29.8 Å². The lowest BCUT2D eigenvalue weighted by Gasteiger charge is -2.22. The Labute approximate surface area is 122 Å². The number of hydrogen-bond acceptors (Lipinski definition) is 4. The minimum absolute atomic E-state index is 0.0471. The Morgan fingerprint density at radius 3 is 2.70 bits per heavy atom. The van der Waals surface area contributed by atoms with Crippen molar-refractivity contribution in [3.63, 3.8) is 0 Å². The summed E-state index contributed by atoms with van der Waals surface area (Å²) in [7, 11) is 0. The highest BCUT2D eigenvalue weighted by Crippen LogP contribution is 2.30. The van der Waals surface area contributed by atoms with Crippen molar-refractivity contribution in [1.82, 2.24) is 9.88 Å². The average Bonchev–Trinajstić information content (AvgIpc) is 2.59. The number of aromatic nitrogens is 1. The first-order valence-electron chi connectivity index (χ1n) is 6.52. The monoisotopic (exact) mass is 294 g/mol. The largest absolute Gasteiger partial charge is 0.477 e. The van der Waals surface area contributed by atoms with E-state index in [1.807, 2.05) is 16.7 Å². The molecule has 6 heteroatoms. The third kappa shape index (κ3) is 3.50. The van der Waals surface area contributed by atoms with E-state index in [4.69, 9.17) is 5.11 Å². The van der Waals surface area contributed by atoms with Crippen LogP contribution in [0.1, 0.15) is 41.1 Å². The van der Waals surface area contributed by atoms with Crippen molar-refractivity contribution in [2.75, 3.05) is 18.8 Å². The number of pyridine rings is 1. The molecule has 0 atom stereocenters. The van der Waals surface area contributed by atoms with E-state index >= 15 is 0 Å². The second-order valence-electron chi connectivity index (χ2n) is 5.39. The van der Waals surface area contributed by atoms with E-state index in [9.17, 15) is 9.59 Å².